The van der Waals surface area contributed by atoms with E-state index in [1.165, 1.54) is 114 Å². The molecule has 0 aliphatic heterocycles. The zero-order valence-electron chi connectivity index (χ0n) is 31.7. The van der Waals surface area contributed by atoms with Crippen molar-refractivity contribution in [3.8, 4) is 0 Å². The van der Waals surface area contributed by atoms with E-state index in [4.69, 9.17) is 4.74 Å². The second kappa shape index (κ2) is 18.9. The molecule has 2 aromatic rings. The minimum Gasteiger partial charge on any atom is -0.365 e. The maximum atomic E-state index is 14.8. The van der Waals surface area contributed by atoms with Crippen LogP contribution < -0.4 is 0 Å². The van der Waals surface area contributed by atoms with Crippen molar-refractivity contribution in [2.24, 2.45) is 47.3 Å². The van der Waals surface area contributed by atoms with Crippen LogP contribution in [0.1, 0.15) is 178 Å². The molecular formula is C46H66F4O. The minimum absolute atomic E-state index is 0.166. The summed E-state index contributed by atoms with van der Waals surface area (Å²) in [7, 11) is 0. The minimum atomic E-state index is -0.857. The summed E-state index contributed by atoms with van der Waals surface area (Å²) in [6, 6.07) is 8.45. The van der Waals surface area contributed by atoms with Gasteiger partial charge in [-0.3, -0.25) is 0 Å². The number of rotatable bonds is 14. The molecule has 0 radical (unpaired) electrons. The first-order chi connectivity index (χ1) is 24.8. The summed E-state index contributed by atoms with van der Waals surface area (Å²) in [4.78, 5) is 0. The molecule has 0 bridgehead atoms. The predicted octanol–water partition coefficient (Wildman–Crippen LogP) is 14.6. The van der Waals surface area contributed by atoms with Gasteiger partial charge in [-0.15, -0.1) is 0 Å². The topological polar surface area (TPSA) is 9.23 Å². The monoisotopic (exact) mass is 711 g/mol. The van der Waals surface area contributed by atoms with Gasteiger partial charge in [0.15, 0.2) is 23.3 Å². The van der Waals surface area contributed by atoms with Crippen molar-refractivity contribution in [2.45, 2.75) is 167 Å². The molecule has 4 aliphatic rings. The van der Waals surface area contributed by atoms with Gasteiger partial charge in [-0.05, 0) is 160 Å². The van der Waals surface area contributed by atoms with Crippen molar-refractivity contribution >= 4 is 0 Å². The van der Waals surface area contributed by atoms with Crippen LogP contribution in [0.3, 0.4) is 0 Å². The Kier molecular flexibility index (Phi) is 14.4. The Balaban J connectivity index is 1.15. The molecule has 4 aliphatic carbocycles. The summed E-state index contributed by atoms with van der Waals surface area (Å²) < 4.78 is 65.3. The number of ether oxygens (including phenoxy) is 1. The van der Waals surface area contributed by atoms with Crippen LogP contribution in [0.25, 0.3) is 0 Å². The van der Waals surface area contributed by atoms with Gasteiger partial charge in [-0.2, -0.15) is 0 Å². The van der Waals surface area contributed by atoms with Crippen molar-refractivity contribution in [1.82, 2.24) is 0 Å². The van der Waals surface area contributed by atoms with Gasteiger partial charge in [0.2, 0.25) is 0 Å². The summed E-state index contributed by atoms with van der Waals surface area (Å²) in [5, 5.41) is 0. The summed E-state index contributed by atoms with van der Waals surface area (Å²) in [6.07, 6.45) is 26.5. The molecule has 0 heterocycles. The van der Waals surface area contributed by atoms with Crippen LogP contribution in [0.2, 0.25) is 0 Å². The summed E-state index contributed by atoms with van der Waals surface area (Å²) in [6.45, 7) is 4.57. The van der Waals surface area contributed by atoms with E-state index in [1.54, 1.807) is 12.1 Å². The summed E-state index contributed by atoms with van der Waals surface area (Å²) >= 11 is 0. The quantitative estimate of drug-likeness (QED) is 0.177. The molecule has 5 heteroatoms. The maximum absolute atomic E-state index is 14.8. The fourth-order valence-corrected chi connectivity index (χ4v) is 11.2. The molecule has 0 N–H and O–H groups in total. The largest absolute Gasteiger partial charge is 0.365 e. The molecule has 0 saturated heterocycles. The highest BCUT2D eigenvalue weighted by atomic mass is 19.2. The van der Waals surface area contributed by atoms with E-state index in [0.29, 0.717) is 11.1 Å². The fraction of sp³-hybridized carbons (Fsp3) is 0.739. The van der Waals surface area contributed by atoms with E-state index in [2.05, 4.69) is 13.8 Å². The van der Waals surface area contributed by atoms with Gasteiger partial charge in [0.1, 0.15) is 0 Å². The Bertz CT molecular complexity index is 1230. The SMILES string of the molecule is CCCC[C@H]1CC[C@H]([C@H]2CC[C@H](C(OC(c3ccc(F)c(F)c3)[C@H]3CC[C@H]([C@H]4CC[C@H](CCCC)CC4)CC3)c3ccc(F)c(F)c3)CC2)CC1. The highest BCUT2D eigenvalue weighted by Crippen LogP contribution is 2.50. The first-order valence-corrected chi connectivity index (χ1v) is 21.4. The molecule has 0 spiro atoms. The molecule has 2 unspecified atom stereocenters. The lowest BCUT2D eigenvalue weighted by molar-refractivity contribution is -0.0937. The lowest BCUT2D eigenvalue weighted by Crippen LogP contribution is -2.31. The third-order valence-electron chi connectivity index (χ3n) is 14.4. The first-order valence-electron chi connectivity index (χ1n) is 21.4. The van der Waals surface area contributed by atoms with Crippen LogP contribution in [0.15, 0.2) is 36.4 Å². The van der Waals surface area contributed by atoms with E-state index in [-0.39, 0.29) is 11.8 Å². The number of halogens is 4. The van der Waals surface area contributed by atoms with Gasteiger partial charge in [-0.1, -0.05) is 90.2 Å². The molecule has 2 atom stereocenters. The third-order valence-corrected chi connectivity index (χ3v) is 14.4. The lowest BCUT2D eigenvalue weighted by atomic mass is 9.67. The Hall–Kier alpha value is -1.88. The normalized spacial score (nSPS) is 31.6. The van der Waals surface area contributed by atoms with Gasteiger partial charge in [-0.25, -0.2) is 17.6 Å². The zero-order chi connectivity index (χ0) is 35.7. The first kappa shape index (κ1) is 38.8. The lowest BCUT2D eigenvalue weighted by Gasteiger charge is -2.43. The molecule has 0 amide bonds. The average Bonchev–Trinajstić information content (AvgIpc) is 3.17. The number of benzene rings is 2. The smallest absolute Gasteiger partial charge is 0.159 e. The van der Waals surface area contributed by atoms with Gasteiger partial charge in [0.05, 0.1) is 12.2 Å². The Labute approximate surface area is 307 Å². The number of unbranched alkanes of at least 4 members (excludes halogenated alkanes) is 2. The van der Waals surface area contributed by atoms with Crippen molar-refractivity contribution in [3.05, 3.63) is 70.8 Å². The Morgan fingerprint density at radius 1 is 0.471 bits per heavy atom. The second-order valence-corrected chi connectivity index (χ2v) is 17.5. The number of hydrogen-bond donors (Lipinski definition) is 0. The maximum Gasteiger partial charge on any atom is 0.159 e. The summed E-state index contributed by atoms with van der Waals surface area (Å²) in [5.74, 6) is 1.74. The summed E-state index contributed by atoms with van der Waals surface area (Å²) in [5.41, 5.74) is 1.32. The molecule has 1 nitrogen and oxygen atoms in total. The molecule has 2 aromatic carbocycles. The van der Waals surface area contributed by atoms with Gasteiger partial charge in [0.25, 0.3) is 0 Å². The van der Waals surface area contributed by atoms with Crippen molar-refractivity contribution < 1.29 is 22.3 Å². The second-order valence-electron chi connectivity index (χ2n) is 17.5. The van der Waals surface area contributed by atoms with Crippen LogP contribution in [0.5, 0.6) is 0 Å². The van der Waals surface area contributed by atoms with E-state index in [0.717, 1.165) is 86.9 Å². The predicted molar refractivity (Wildman–Crippen MR) is 200 cm³/mol. The average molecular weight is 711 g/mol. The van der Waals surface area contributed by atoms with Gasteiger partial charge < -0.3 is 4.74 Å². The van der Waals surface area contributed by atoms with Crippen LogP contribution in [0, 0.1) is 70.6 Å². The van der Waals surface area contributed by atoms with E-state index in [9.17, 15) is 17.6 Å². The molecular weight excluding hydrogens is 644 g/mol. The molecule has 4 fully saturated rings. The highest BCUT2D eigenvalue weighted by Gasteiger charge is 2.39. The zero-order valence-corrected chi connectivity index (χ0v) is 31.7. The molecule has 51 heavy (non-hydrogen) atoms. The van der Waals surface area contributed by atoms with Crippen molar-refractivity contribution in [2.75, 3.05) is 0 Å². The Morgan fingerprint density at radius 3 is 1.12 bits per heavy atom. The van der Waals surface area contributed by atoms with Crippen molar-refractivity contribution in [3.63, 3.8) is 0 Å². The van der Waals surface area contributed by atoms with E-state index in [1.807, 2.05) is 0 Å². The number of hydrogen-bond acceptors (Lipinski definition) is 1. The third kappa shape index (κ3) is 10.2. The highest BCUT2D eigenvalue weighted by molar-refractivity contribution is 5.24. The van der Waals surface area contributed by atoms with E-state index < -0.39 is 35.5 Å². The van der Waals surface area contributed by atoms with Gasteiger partial charge in [0, 0.05) is 0 Å². The fourth-order valence-electron chi connectivity index (χ4n) is 11.2. The molecule has 284 valence electrons. The van der Waals surface area contributed by atoms with Crippen LogP contribution in [-0.4, -0.2) is 0 Å². The van der Waals surface area contributed by atoms with Crippen LogP contribution >= 0.6 is 0 Å². The molecule has 0 aromatic heterocycles. The van der Waals surface area contributed by atoms with E-state index >= 15 is 0 Å². The van der Waals surface area contributed by atoms with Crippen LogP contribution in [-0.2, 0) is 4.74 Å². The van der Waals surface area contributed by atoms with Crippen LogP contribution in [0.4, 0.5) is 17.6 Å². The molecule has 6 rings (SSSR count). The standard InChI is InChI=1S/C46H66F4O/c1-3-5-7-31-9-13-33(14-10-31)35-17-21-37(22-18-35)45(39-25-27-41(47)43(49)29-39)51-46(40-26-28-42(48)44(50)30-40)38-23-19-36(20-24-38)34-15-11-32(12-16-34)8-6-4-2/h25-38,45-46H,3-24H2,1-2H3/t31-,32-,33-,34-,35-,36-,37-,38-,45?,46?. The Morgan fingerprint density at radius 2 is 0.804 bits per heavy atom. The van der Waals surface area contributed by atoms with Crippen molar-refractivity contribution in [1.29, 1.82) is 0 Å². The van der Waals surface area contributed by atoms with Gasteiger partial charge >= 0.3 is 0 Å². The molecule has 4 saturated carbocycles.